The van der Waals surface area contributed by atoms with Gasteiger partial charge in [-0.1, -0.05) is 34.6 Å². The molecule has 3 saturated heterocycles. The van der Waals surface area contributed by atoms with Gasteiger partial charge in [-0.15, -0.1) is 0 Å². The zero-order chi connectivity index (χ0) is 57.9. The fraction of sp³-hybridized carbons (Fsp3) is 0.768. The van der Waals surface area contributed by atoms with E-state index in [9.17, 15) is 44.4 Å². The van der Waals surface area contributed by atoms with E-state index in [0.717, 1.165) is 18.9 Å². The molecule has 3 aliphatic heterocycles. The summed E-state index contributed by atoms with van der Waals surface area (Å²) in [5, 5.41) is 47.7. The van der Waals surface area contributed by atoms with Crippen LogP contribution in [0.3, 0.4) is 0 Å². The van der Waals surface area contributed by atoms with Crippen LogP contribution >= 0.6 is 0 Å². The summed E-state index contributed by atoms with van der Waals surface area (Å²) in [7, 11) is 6.54. The van der Waals surface area contributed by atoms with Crippen molar-refractivity contribution < 1.29 is 86.6 Å². The van der Waals surface area contributed by atoms with Gasteiger partial charge in [-0.25, -0.2) is 9.18 Å². The molecule has 1 saturated carbocycles. The van der Waals surface area contributed by atoms with Crippen molar-refractivity contribution in [3.8, 4) is 5.75 Å². The van der Waals surface area contributed by atoms with Crippen LogP contribution in [0, 0.1) is 35.4 Å². The molecular formula is C56H86FN3O18. The van der Waals surface area contributed by atoms with Crippen molar-refractivity contribution in [3.63, 3.8) is 0 Å². The number of hydrogen-bond acceptors (Lipinski definition) is 19. The number of hydrogen-bond donors (Lipinski definition) is 5. The van der Waals surface area contributed by atoms with Gasteiger partial charge in [-0.2, -0.15) is 0 Å². The van der Waals surface area contributed by atoms with Crippen LogP contribution in [0.4, 0.5) is 10.1 Å². The number of cyclic esters (lactones) is 1. The number of methoxy groups -OCH3 is 2. The first-order valence-corrected chi connectivity index (χ1v) is 27.5. The number of fused-ring (bicyclic) bond motifs is 1. The summed E-state index contributed by atoms with van der Waals surface area (Å²) in [5.74, 6) is -7.86. The number of nitrogens with zero attached hydrogens (tertiary/aromatic N) is 2. The Morgan fingerprint density at radius 2 is 1.63 bits per heavy atom. The van der Waals surface area contributed by atoms with Crippen LogP contribution in [0.1, 0.15) is 131 Å². The Labute approximate surface area is 456 Å². The van der Waals surface area contributed by atoms with E-state index in [4.69, 9.17) is 42.6 Å². The highest BCUT2D eigenvalue weighted by Gasteiger charge is 2.53. The van der Waals surface area contributed by atoms with Crippen molar-refractivity contribution in [3.05, 3.63) is 33.9 Å². The second-order valence-electron chi connectivity index (χ2n) is 22.9. The average molecular weight is 1110 g/mol. The minimum atomic E-state index is -2.03. The number of carboxylic acid groups (broad SMARTS) is 1. The lowest BCUT2D eigenvalue weighted by molar-refractivity contribution is -0.311. The van der Waals surface area contributed by atoms with Gasteiger partial charge in [0.1, 0.15) is 40.9 Å². The average Bonchev–Trinajstić information content (AvgIpc) is 4.29. The Morgan fingerprint density at radius 3 is 2.22 bits per heavy atom. The van der Waals surface area contributed by atoms with Gasteiger partial charge >= 0.3 is 17.9 Å². The molecule has 6 rings (SSSR count). The van der Waals surface area contributed by atoms with Gasteiger partial charge in [0.05, 0.1) is 79.7 Å². The second kappa shape index (κ2) is 26.0. The van der Waals surface area contributed by atoms with Crippen LogP contribution in [0.5, 0.6) is 5.75 Å². The number of Topliss-reactive ketones (excluding diaryl/α,β-unsaturated/α-hetero) is 1. The highest BCUT2D eigenvalue weighted by Crippen LogP contribution is 2.44. The third-order valence-corrected chi connectivity index (χ3v) is 16.6. The molecule has 21 nitrogen and oxygen atoms in total. The van der Waals surface area contributed by atoms with Crippen molar-refractivity contribution in [1.29, 1.82) is 0 Å². The quantitative estimate of drug-likeness (QED) is 0.0944. The molecule has 0 radical (unpaired) electrons. The van der Waals surface area contributed by atoms with Crippen LogP contribution in [0.25, 0.3) is 10.9 Å². The first kappa shape index (κ1) is 62.8. The van der Waals surface area contributed by atoms with Gasteiger partial charge in [0.25, 0.3) is 0 Å². The summed E-state index contributed by atoms with van der Waals surface area (Å²) in [6, 6.07) is 0.606. The smallest absolute Gasteiger partial charge is 0.341 e. The van der Waals surface area contributed by atoms with E-state index in [0.29, 0.717) is 6.42 Å². The Kier molecular flexibility index (Phi) is 21.0. The van der Waals surface area contributed by atoms with E-state index in [2.05, 4.69) is 5.32 Å². The molecule has 0 amide bonds. The summed E-state index contributed by atoms with van der Waals surface area (Å²) in [5.41, 5.74) is -4.37. The lowest BCUT2D eigenvalue weighted by Crippen LogP contribution is -2.61. The van der Waals surface area contributed by atoms with Crippen LogP contribution in [0.15, 0.2) is 17.1 Å². The first-order chi connectivity index (χ1) is 36.6. The maximum atomic E-state index is 15.6. The number of carboxylic acids is 1. The molecule has 4 heterocycles. The number of aromatic nitrogens is 1. The predicted octanol–water partition coefficient (Wildman–Crippen LogP) is 5.24. The highest BCUT2D eigenvalue weighted by molar-refractivity contribution is 5.97. The Bertz CT molecular complexity index is 2480. The van der Waals surface area contributed by atoms with Gasteiger partial charge in [-0.05, 0) is 86.9 Å². The van der Waals surface area contributed by atoms with Gasteiger partial charge in [0.15, 0.2) is 24.1 Å². The number of rotatable bonds is 18. The van der Waals surface area contributed by atoms with Crippen molar-refractivity contribution in [2.75, 3.05) is 53.4 Å². The highest BCUT2D eigenvalue weighted by atomic mass is 19.1. The fourth-order valence-electron chi connectivity index (χ4n) is 11.9. The van der Waals surface area contributed by atoms with Gasteiger partial charge in [-0.3, -0.25) is 19.2 Å². The molecule has 0 spiro atoms. The van der Waals surface area contributed by atoms with E-state index < -0.39 is 125 Å². The van der Waals surface area contributed by atoms with Crippen molar-refractivity contribution in [1.82, 2.24) is 9.47 Å². The minimum absolute atomic E-state index is 0.0287. The van der Waals surface area contributed by atoms with Crippen molar-refractivity contribution in [2.45, 2.75) is 199 Å². The lowest BCUT2D eigenvalue weighted by atomic mass is 9.74. The number of anilines is 1. The standard InChI is InChI=1S/C56H86FN3O18/c1-15-39-56(10,69)50(65)30(5)44(62)28(3)25-55(9,71-14)51(78-54-46(64)38(59(11)12)23-29(4)73-54)31(6)48(32(7)53(68)75-39)77-41-22-27(2)47(33(8)74-41)76-40(61)18-20-72-21-19-58-42-37(57)24-35-43(49(42)70-13)60(34-16-17-34)26-36(45(35)63)52(66)67/h24,26-34,38-39,41,46-48,50-51,54,58,64-65,69H,15-23,25H2,1-14H3,(H,66,67)/t27-,28+,29+,30-,31-,32+,33-,38-,39+,41-,46+,47+,48-,50+,51+,54-,55+,56+/m0/s1. The molecular weight excluding hydrogens is 1020 g/mol. The summed E-state index contributed by atoms with van der Waals surface area (Å²) >= 11 is 0. The van der Waals surface area contributed by atoms with E-state index in [1.54, 1.807) is 39.2 Å². The normalized spacial score (nSPS) is 36.4. The summed E-state index contributed by atoms with van der Waals surface area (Å²) in [4.78, 5) is 68.8. The van der Waals surface area contributed by atoms with Crippen molar-refractivity contribution in [2.24, 2.45) is 29.6 Å². The number of carbonyl (C=O) groups excluding carboxylic acids is 3. The van der Waals surface area contributed by atoms with Crippen LogP contribution in [-0.2, 0) is 52.3 Å². The molecule has 2 aromatic rings. The van der Waals surface area contributed by atoms with E-state index >= 15 is 4.39 Å². The molecule has 0 bridgehead atoms. The Hall–Kier alpha value is -4.36. The largest absolute Gasteiger partial charge is 0.492 e. The third-order valence-electron chi connectivity index (χ3n) is 16.6. The molecule has 4 fully saturated rings. The molecule has 4 aliphatic rings. The maximum Gasteiger partial charge on any atom is 0.341 e. The topological polar surface area (TPSA) is 270 Å². The summed E-state index contributed by atoms with van der Waals surface area (Å²) in [6.07, 6.45) is -6.36. The Morgan fingerprint density at radius 1 is 0.949 bits per heavy atom. The predicted molar refractivity (Wildman–Crippen MR) is 283 cm³/mol. The molecule has 1 aromatic carbocycles. The molecule has 22 heteroatoms. The number of aromatic carboxylic acids is 1. The van der Waals surface area contributed by atoms with E-state index in [1.807, 2.05) is 39.8 Å². The number of esters is 2. The first-order valence-electron chi connectivity index (χ1n) is 27.5. The SMILES string of the molecule is CC[C@H]1OC(=O)[C@H](C)[C@@H](O[C@H]2C[C@H](C)[C@@H](OC(=O)CCOCCNc3c(F)cc4c(=O)c(C(=O)O)cn(C5CC5)c4c3OC)[C@H](C)O2)[C@H](C)[C@@H](O[C@@H]2O[C@H](C)C[C@H](N(C)C)[C@H]2O)[C@](C)(OC)C[C@@H](C)C(=O)[C@H](C)[C@@H](O)[C@]1(C)O. The number of aliphatic hydroxyl groups is 3. The molecule has 78 heavy (non-hydrogen) atoms. The van der Waals surface area contributed by atoms with Gasteiger partial charge in [0.2, 0.25) is 5.43 Å². The number of ketones is 1. The molecule has 1 aliphatic carbocycles. The van der Waals surface area contributed by atoms with E-state index in [-0.39, 0.29) is 97.7 Å². The molecule has 1 aromatic heterocycles. The molecule has 5 N–H and O–H groups in total. The minimum Gasteiger partial charge on any atom is -0.492 e. The number of aliphatic hydroxyl groups excluding tert-OH is 2. The summed E-state index contributed by atoms with van der Waals surface area (Å²) < 4.78 is 73.4. The Balaban J connectivity index is 1.16. The number of pyridine rings is 1. The second-order valence-corrected chi connectivity index (χ2v) is 22.9. The van der Waals surface area contributed by atoms with Crippen molar-refractivity contribution >= 4 is 40.3 Å². The van der Waals surface area contributed by atoms with Gasteiger partial charge in [0, 0.05) is 62.0 Å². The van der Waals surface area contributed by atoms with Gasteiger partial charge < -0.3 is 77.8 Å². The zero-order valence-electron chi connectivity index (χ0n) is 47.8. The van der Waals surface area contributed by atoms with E-state index in [1.165, 1.54) is 34.3 Å². The summed E-state index contributed by atoms with van der Waals surface area (Å²) in [6.45, 7) is 17.1. The van der Waals surface area contributed by atoms with Crippen LogP contribution < -0.4 is 15.5 Å². The lowest BCUT2D eigenvalue weighted by Gasteiger charge is -2.49. The maximum absolute atomic E-state index is 15.6. The number of nitrogens with one attached hydrogen (secondary N) is 1. The van der Waals surface area contributed by atoms with Crippen LogP contribution in [0.2, 0.25) is 0 Å². The monoisotopic (exact) mass is 1110 g/mol. The number of carbonyl (C=O) groups is 4. The molecule has 18 atom stereocenters. The zero-order valence-corrected chi connectivity index (χ0v) is 47.8. The number of ether oxygens (including phenoxy) is 9. The number of benzene rings is 1. The molecule has 0 unspecified atom stereocenters. The number of likely N-dealkylation sites (N-methyl/N-ethyl adjacent to an activating group) is 1. The third kappa shape index (κ3) is 13.7. The number of halogens is 1. The van der Waals surface area contributed by atoms with Crippen LogP contribution in [-0.4, -0.2) is 180 Å². The fourth-order valence-corrected chi connectivity index (χ4v) is 11.9. The molecule has 440 valence electrons.